The highest BCUT2D eigenvalue weighted by atomic mass is 16.6. The molecule has 0 aliphatic carbocycles. The van der Waals surface area contributed by atoms with E-state index in [4.69, 9.17) is 24.3 Å². The van der Waals surface area contributed by atoms with E-state index in [1.807, 2.05) is 54.6 Å². The highest BCUT2D eigenvalue weighted by molar-refractivity contribution is 5.89. The Morgan fingerprint density at radius 1 is 0.794 bits per heavy atom. The van der Waals surface area contributed by atoms with E-state index in [1.54, 1.807) is 37.6 Å². The molecule has 0 heterocycles. The van der Waals surface area contributed by atoms with Crippen molar-refractivity contribution in [3.8, 4) is 11.5 Å². The van der Waals surface area contributed by atoms with E-state index in [1.165, 1.54) is 7.11 Å². The van der Waals surface area contributed by atoms with Crippen molar-refractivity contribution < 1.29 is 29.0 Å². The summed E-state index contributed by atoms with van der Waals surface area (Å²) >= 11 is 0. The predicted octanol–water partition coefficient (Wildman–Crippen LogP) is 4.37. The third-order valence-corrected chi connectivity index (χ3v) is 4.58. The average Bonchev–Trinajstić information content (AvgIpc) is 2.86. The number of hydrogen-bond acceptors (Lipinski definition) is 7. The van der Waals surface area contributed by atoms with Gasteiger partial charge in [-0.1, -0.05) is 42.5 Å². The van der Waals surface area contributed by atoms with Crippen LogP contribution in [-0.2, 0) is 21.1 Å². The second kappa shape index (κ2) is 12.7. The van der Waals surface area contributed by atoms with Crippen LogP contribution in [0.25, 0.3) is 11.4 Å². The molecule has 0 radical (unpaired) electrons. The summed E-state index contributed by atoms with van der Waals surface area (Å²) in [6.45, 7) is 0.365. The minimum atomic E-state index is -1.07. The monoisotopic (exact) mass is 462 g/mol. The van der Waals surface area contributed by atoms with E-state index in [0.29, 0.717) is 35.1 Å². The van der Waals surface area contributed by atoms with Gasteiger partial charge in [-0.25, -0.2) is 4.79 Å². The molecule has 3 N–H and O–H groups in total. The van der Waals surface area contributed by atoms with Crippen LogP contribution in [0.4, 0.5) is 0 Å². The number of hydroxylamine groups is 2. The van der Waals surface area contributed by atoms with Crippen molar-refractivity contribution in [2.75, 3.05) is 14.2 Å². The molecule has 0 saturated carbocycles. The normalized spacial score (nSPS) is 11.6. The number of hydrogen-bond donors (Lipinski definition) is 3. The van der Waals surface area contributed by atoms with Crippen LogP contribution in [0, 0.1) is 0 Å². The zero-order chi connectivity index (χ0) is 24.2. The molecule has 0 bridgehead atoms. The third kappa shape index (κ3) is 7.40. The Labute approximate surface area is 198 Å². The Bertz CT molecular complexity index is 1110. The van der Waals surface area contributed by atoms with Crippen molar-refractivity contribution in [3.05, 3.63) is 108 Å². The Morgan fingerprint density at radius 3 is 2.00 bits per heavy atom. The lowest BCUT2D eigenvalue weighted by molar-refractivity contribution is -0.131. The summed E-state index contributed by atoms with van der Waals surface area (Å²) in [5, 5.41) is 8.98. The lowest BCUT2D eigenvalue weighted by Crippen LogP contribution is -2.11. The molecule has 3 aromatic carbocycles. The maximum absolute atomic E-state index is 11.0. The smallest absolute Gasteiger partial charge is 0.330 e. The molecule has 176 valence electrons. The molecule has 0 amide bonds. The molecule has 34 heavy (non-hydrogen) atoms. The van der Waals surface area contributed by atoms with E-state index in [0.717, 1.165) is 17.2 Å². The van der Waals surface area contributed by atoms with Crippen LogP contribution in [0.5, 0.6) is 11.5 Å². The topological polar surface area (TPSA) is 98.3 Å². The first-order valence-electron chi connectivity index (χ1n) is 10.4. The molecule has 8 heteroatoms. The van der Waals surface area contributed by atoms with Crippen LogP contribution in [-0.4, -0.2) is 25.3 Å². The number of ether oxygens (including phenoxy) is 2. The fraction of sp³-hybridized carbons (Fsp3) is 0.115. The predicted molar refractivity (Wildman–Crippen MR) is 128 cm³/mol. The molecule has 3 aromatic rings. The molecular formula is C26H26N2O6. The molecule has 0 unspecified atom stereocenters. The molecule has 0 aromatic heterocycles. The SMILES string of the molecule is CONC(=COc1ccc(COc2ccc(C(=CC(=O)O)NOC)cc2)cc1)c1ccccc1. The van der Waals surface area contributed by atoms with Crippen molar-refractivity contribution in [1.82, 2.24) is 11.0 Å². The Balaban J connectivity index is 1.58. The average molecular weight is 463 g/mol. The van der Waals surface area contributed by atoms with Gasteiger partial charge in [0.2, 0.25) is 0 Å². The van der Waals surface area contributed by atoms with Crippen molar-refractivity contribution in [2.24, 2.45) is 0 Å². The van der Waals surface area contributed by atoms with Gasteiger partial charge in [0.15, 0.2) is 0 Å². The van der Waals surface area contributed by atoms with Crippen molar-refractivity contribution in [3.63, 3.8) is 0 Å². The summed E-state index contributed by atoms with van der Waals surface area (Å²) in [4.78, 5) is 20.8. The van der Waals surface area contributed by atoms with Crippen molar-refractivity contribution in [1.29, 1.82) is 0 Å². The number of carboxylic acids is 1. The second-order valence-electron chi connectivity index (χ2n) is 6.98. The highest BCUT2D eigenvalue weighted by Crippen LogP contribution is 2.20. The molecule has 0 saturated heterocycles. The highest BCUT2D eigenvalue weighted by Gasteiger charge is 2.05. The van der Waals surface area contributed by atoms with Crippen molar-refractivity contribution >= 4 is 17.4 Å². The van der Waals surface area contributed by atoms with Gasteiger partial charge in [-0.2, -0.15) is 0 Å². The van der Waals surface area contributed by atoms with E-state index in [9.17, 15) is 4.79 Å². The Hall–Kier alpha value is -4.27. The second-order valence-corrected chi connectivity index (χ2v) is 6.98. The van der Waals surface area contributed by atoms with Crippen molar-refractivity contribution in [2.45, 2.75) is 6.61 Å². The van der Waals surface area contributed by atoms with Gasteiger partial charge in [-0.05, 0) is 42.0 Å². The number of benzene rings is 3. The summed E-state index contributed by atoms with van der Waals surface area (Å²) in [6, 6.07) is 24.3. The van der Waals surface area contributed by atoms with Gasteiger partial charge in [0.1, 0.15) is 30.1 Å². The quantitative estimate of drug-likeness (QED) is 0.207. The van der Waals surface area contributed by atoms with E-state index in [-0.39, 0.29) is 0 Å². The maximum Gasteiger partial charge on any atom is 0.330 e. The first-order valence-corrected chi connectivity index (χ1v) is 10.4. The number of carbonyl (C=O) groups is 1. The fourth-order valence-electron chi connectivity index (χ4n) is 2.97. The number of nitrogens with one attached hydrogen (secondary N) is 2. The minimum Gasteiger partial charge on any atom is -0.489 e. The maximum atomic E-state index is 11.0. The van der Waals surface area contributed by atoms with Crippen LogP contribution in [0.1, 0.15) is 16.7 Å². The van der Waals surface area contributed by atoms with Crippen LogP contribution in [0.2, 0.25) is 0 Å². The van der Waals surface area contributed by atoms with Crippen LogP contribution in [0.15, 0.2) is 91.2 Å². The van der Waals surface area contributed by atoms with E-state index < -0.39 is 5.97 Å². The molecule has 0 atom stereocenters. The number of rotatable bonds is 12. The number of carboxylic acid groups (broad SMARTS) is 1. The summed E-state index contributed by atoms with van der Waals surface area (Å²) in [5.74, 6) is 0.245. The van der Waals surface area contributed by atoms with Gasteiger partial charge in [-0.3, -0.25) is 20.6 Å². The zero-order valence-corrected chi connectivity index (χ0v) is 18.9. The molecule has 0 fully saturated rings. The molecule has 3 rings (SSSR count). The Morgan fingerprint density at radius 2 is 1.38 bits per heavy atom. The van der Waals surface area contributed by atoms with Gasteiger partial charge in [0.25, 0.3) is 0 Å². The zero-order valence-electron chi connectivity index (χ0n) is 18.9. The van der Waals surface area contributed by atoms with Gasteiger partial charge < -0.3 is 14.6 Å². The first kappa shape index (κ1) is 24.4. The summed E-state index contributed by atoms with van der Waals surface area (Å²) in [5.41, 5.74) is 8.96. The van der Waals surface area contributed by atoms with Crippen LogP contribution in [0.3, 0.4) is 0 Å². The lowest BCUT2D eigenvalue weighted by Gasteiger charge is -2.11. The lowest BCUT2D eigenvalue weighted by atomic mass is 10.1. The van der Waals surface area contributed by atoms with Crippen LogP contribution < -0.4 is 20.4 Å². The Kier molecular flexibility index (Phi) is 9.09. The van der Waals surface area contributed by atoms with E-state index >= 15 is 0 Å². The molecule has 0 aliphatic rings. The molecular weight excluding hydrogens is 436 g/mol. The first-order chi connectivity index (χ1) is 16.6. The fourth-order valence-corrected chi connectivity index (χ4v) is 2.97. The largest absolute Gasteiger partial charge is 0.489 e. The summed E-state index contributed by atoms with van der Waals surface area (Å²) in [7, 11) is 2.96. The molecule has 0 aliphatic heterocycles. The molecule has 0 spiro atoms. The summed E-state index contributed by atoms with van der Waals surface area (Å²) < 4.78 is 11.6. The standard InChI is InChI=1S/C26H26N2O6/c1-31-27-24(16-26(29)30)21-10-14-23(15-11-21)33-17-19-8-12-22(13-9-19)34-18-25(28-32-2)20-6-4-3-5-7-20/h3-16,18,27-28H,17H2,1-2H3,(H,29,30). The number of aliphatic carboxylic acids is 1. The van der Waals surface area contributed by atoms with E-state index in [2.05, 4.69) is 11.0 Å². The van der Waals surface area contributed by atoms with Gasteiger partial charge in [0, 0.05) is 17.2 Å². The van der Waals surface area contributed by atoms with Crippen LogP contribution >= 0.6 is 0 Å². The van der Waals surface area contributed by atoms with Gasteiger partial charge in [0.05, 0.1) is 19.9 Å². The minimum absolute atomic E-state index is 0.335. The van der Waals surface area contributed by atoms with Gasteiger partial charge >= 0.3 is 5.97 Å². The summed E-state index contributed by atoms with van der Waals surface area (Å²) in [6.07, 6.45) is 2.63. The van der Waals surface area contributed by atoms with Gasteiger partial charge in [-0.15, -0.1) is 0 Å². The molecule has 8 nitrogen and oxygen atoms in total. The third-order valence-electron chi connectivity index (χ3n) is 4.58.